The first kappa shape index (κ1) is 14.2. The third-order valence-electron chi connectivity index (χ3n) is 4.48. The molecular formula is C14H24N2O3. The average Bonchev–Trinajstić information content (AvgIpc) is 3.11. The molecule has 2 N–H and O–H groups in total. The minimum Gasteiger partial charge on any atom is -0.479 e. The van der Waals surface area contributed by atoms with E-state index in [1.165, 1.54) is 12.8 Å². The smallest absolute Gasteiger partial charge is 0.329 e. The van der Waals surface area contributed by atoms with E-state index >= 15 is 0 Å². The van der Waals surface area contributed by atoms with Crippen LogP contribution in [0.25, 0.3) is 0 Å². The zero-order valence-corrected chi connectivity index (χ0v) is 11.8. The number of carboxylic acids is 1. The molecule has 0 aromatic carbocycles. The van der Waals surface area contributed by atoms with E-state index in [1.807, 2.05) is 13.8 Å². The van der Waals surface area contributed by atoms with Crippen LogP contribution in [0, 0.1) is 5.92 Å². The molecule has 1 saturated heterocycles. The number of carbonyl (C=O) groups is 2. The van der Waals surface area contributed by atoms with Gasteiger partial charge in [0, 0.05) is 12.6 Å². The van der Waals surface area contributed by atoms with E-state index in [9.17, 15) is 14.7 Å². The molecule has 108 valence electrons. The van der Waals surface area contributed by atoms with Crippen LogP contribution in [0.1, 0.15) is 52.4 Å². The molecule has 2 unspecified atom stereocenters. The molecule has 0 spiro atoms. The zero-order valence-electron chi connectivity index (χ0n) is 11.8. The highest BCUT2D eigenvalue weighted by molar-refractivity contribution is 5.87. The van der Waals surface area contributed by atoms with Crippen molar-refractivity contribution in [2.24, 2.45) is 5.92 Å². The van der Waals surface area contributed by atoms with E-state index in [2.05, 4.69) is 5.32 Å². The zero-order chi connectivity index (χ0) is 14.0. The van der Waals surface area contributed by atoms with Crippen LogP contribution in [0.15, 0.2) is 0 Å². The second-order valence-corrected chi connectivity index (χ2v) is 5.92. The molecule has 5 heteroatoms. The number of aliphatic carboxylic acids is 1. The molecule has 0 aromatic heterocycles. The Morgan fingerprint density at radius 3 is 2.68 bits per heavy atom. The van der Waals surface area contributed by atoms with E-state index < -0.39 is 11.5 Å². The topological polar surface area (TPSA) is 69.6 Å². The van der Waals surface area contributed by atoms with Gasteiger partial charge in [-0.05, 0) is 44.9 Å². The van der Waals surface area contributed by atoms with Gasteiger partial charge in [0.2, 0.25) is 0 Å². The minimum atomic E-state index is -0.984. The number of nitrogens with zero attached hydrogens (tertiary/aromatic N) is 1. The second kappa shape index (κ2) is 5.39. The van der Waals surface area contributed by atoms with Gasteiger partial charge in [0.1, 0.15) is 5.54 Å². The number of carboxylic acid groups (broad SMARTS) is 1. The highest BCUT2D eigenvalue weighted by Crippen LogP contribution is 2.35. The van der Waals surface area contributed by atoms with Gasteiger partial charge in [-0.1, -0.05) is 13.3 Å². The maximum absolute atomic E-state index is 12.3. The number of amides is 2. The van der Waals surface area contributed by atoms with Crippen LogP contribution < -0.4 is 5.32 Å². The first-order chi connectivity index (χ1) is 9.01. The molecule has 0 bridgehead atoms. The number of hydrogen-bond acceptors (Lipinski definition) is 2. The molecule has 2 fully saturated rings. The van der Waals surface area contributed by atoms with E-state index in [0.29, 0.717) is 25.3 Å². The van der Waals surface area contributed by atoms with Crippen molar-refractivity contribution in [3.63, 3.8) is 0 Å². The van der Waals surface area contributed by atoms with Gasteiger partial charge in [0.05, 0.1) is 0 Å². The van der Waals surface area contributed by atoms with Crippen LogP contribution >= 0.6 is 0 Å². The number of urea groups is 1. The van der Waals surface area contributed by atoms with Crippen LogP contribution in [-0.4, -0.2) is 40.1 Å². The predicted octanol–water partition coefficient (Wildman–Crippen LogP) is 2.21. The van der Waals surface area contributed by atoms with Crippen molar-refractivity contribution in [1.82, 2.24) is 10.2 Å². The lowest BCUT2D eigenvalue weighted by molar-refractivity contribution is -0.148. The summed E-state index contributed by atoms with van der Waals surface area (Å²) in [5.74, 6) is -0.280. The molecule has 2 atom stereocenters. The fraction of sp³-hybridized carbons (Fsp3) is 0.857. The second-order valence-electron chi connectivity index (χ2n) is 5.92. The summed E-state index contributed by atoms with van der Waals surface area (Å²) < 4.78 is 0. The first-order valence-electron chi connectivity index (χ1n) is 7.33. The van der Waals surface area contributed by atoms with Crippen LogP contribution in [0.3, 0.4) is 0 Å². The number of hydrogen-bond donors (Lipinski definition) is 2. The molecule has 1 aliphatic carbocycles. The summed E-state index contributed by atoms with van der Waals surface area (Å²) in [7, 11) is 0. The van der Waals surface area contributed by atoms with Crippen LogP contribution in [0.5, 0.6) is 0 Å². The Morgan fingerprint density at radius 2 is 2.16 bits per heavy atom. The Hall–Kier alpha value is -1.26. The third kappa shape index (κ3) is 2.69. The molecule has 0 aromatic rings. The molecule has 2 rings (SSSR count). The summed E-state index contributed by atoms with van der Waals surface area (Å²) in [4.78, 5) is 25.5. The van der Waals surface area contributed by atoms with E-state index in [1.54, 1.807) is 4.90 Å². The fourth-order valence-corrected chi connectivity index (χ4v) is 3.16. The van der Waals surface area contributed by atoms with Crippen molar-refractivity contribution >= 4 is 12.0 Å². The van der Waals surface area contributed by atoms with Gasteiger partial charge in [0.15, 0.2) is 0 Å². The van der Waals surface area contributed by atoms with Crippen molar-refractivity contribution in [2.45, 2.75) is 64.0 Å². The summed E-state index contributed by atoms with van der Waals surface area (Å²) in [6.45, 7) is 4.52. The van der Waals surface area contributed by atoms with Crippen molar-refractivity contribution in [1.29, 1.82) is 0 Å². The van der Waals surface area contributed by atoms with Crippen molar-refractivity contribution in [2.75, 3.05) is 6.54 Å². The summed E-state index contributed by atoms with van der Waals surface area (Å²) in [6, 6.07) is -0.0472. The number of nitrogens with one attached hydrogen (secondary N) is 1. The molecule has 1 heterocycles. The Kier molecular flexibility index (Phi) is 4.02. The van der Waals surface area contributed by atoms with E-state index in [0.717, 1.165) is 12.8 Å². The predicted molar refractivity (Wildman–Crippen MR) is 71.9 cm³/mol. The highest BCUT2D eigenvalue weighted by Gasteiger charge is 2.49. The fourth-order valence-electron chi connectivity index (χ4n) is 3.16. The van der Waals surface area contributed by atoms with Crippen LogP contribution in [0.2, 0.25) is 0 Å². The maximum atomic E-state index is 12.3. The number of carbonyl (C=O) groups excluding carboxylic acids is 1. The molecular weight excluding hydrogens is 244 g/mol. The lowest BCUT2D eigenvalue weighted by atomic mass is 9.91. The van der Waals surface area contributed by atoms with Gasteiger partial charge in [-0.3, -0.25) is 0 Å². The van der Waals surface area contributed by atoms with Gasteiger partial charge in [0.25, 0.3) is 0 Å². The van der Waals surface area contributed by atoms with Gasteiger partial charge < -0.3 is 15.3 Å². The lowest BCUT2D eigenvalue weighted by Crippen LogP contribution is -2.57. The standard InChI is InChI=1S/C14H24N2O3/c1-3-7-14(12(17)18)8-4-9-16(14)13(19)15-10(2)11-5-6-11/h10-11H,3-9H2,1-2H3,(H,15,19)(H,17,18). The van der Waals surface area contributed by atoms with Gasteiger partial charge in [-0.2, -0.15) is 0 Å². The molecule has 0 radical (unpaired) electrons. The monoisotopic (exact) mass is 268 g/mol. The normalized spacial score (nSPS) is 28.2. The maximum Gasteiger partial charge on any atom is 0.329 e. The summed E-state index contributed by atoms with van der Waals surface area (Å²) in [5.41, 5.74) is -0.984. The SMILES string of the molecule is CCCC1(C(=O)O)CCCN1C(=O)NC(C)C1CC1. The average molecular weight is 268 g/mol. The molecule has 1 saturated carbocycles. The minimum absolute atomic E-state index is 0.154. The molecule has 19 heavy (non-hydrogen) atoms. The number of rotatable bonds is 5. The van der Waals surface area contributed by atoms with Crippen molar-refractivity contribution in [3.8, 4) is 0 Å². The van der Waals surface area contributed by atoms with Gasteiger partial charge in [-0.15, -0.1) is 0 Å². The quantitative estimate of drug-likeness (QED) is 0.803. The number of likely N-dealkylation sites (tertiary alicyclic amines) is 1. The van der Waals surface area contributed by atoms with E-state index in [-0.39, 0.29) is 12.1 Å². The Morgan fingerprint density at radius 1 is 1.47 bits per heavy atom. The van der Waals surface area contributed by atoms with Gasteiger partial charge >= 0.3 is 12.0 Å². The Balaban J connectivity index is 2.07. The van der Waals surface area contributed by atoms with Crippen molar-refractivity contribution in [3.05, 3.63) is 0 Å². The molecule has 2 aliphatic rings. The molecule has 1 aliphatic heterocycles. The molecule has 5 nitrogen and oxygen atoms in total. The lowest BCUT2D eigenvalue weighted by Gasteiger charge is -2.35. The highest BCUT2D eigenvalue weighted by atomic mass is 16.4. The molecule has 2 amide bonds. The summed E-state index contributed by atoms with van der Waals surface area (Å²) in [5, 5.41) is 12.5. The largest absolute Gasteiger partial charge is 0.479 e. The Bertz CT molecular complexity index is 368. The van der Waals surface area contributed by atoms with Crippen LogP contribution in [0.4, 0.5) is 4.79 Å². The summed E-state index contributed by atoms with van der Waals surface area (Å²) >= 11 is 0. The first-order valence-corrected chi connectivity index (χ1v) is 7.33. The third-order valence-corrected chi connectivity index (χ3v) is 4.48. The Labute approximate surface area is 114 Å². The van der Waals surface area contributed by atoms with Crippen LogP contribution in [-0.2, 0) is 4.79 Å². The van der Waals surface area contributed by atoms with Gasteiger partial charge in [-0.25, -0.2) is 9.59 Å². The van der Waals surface area contributed by atoms with Crippen molar-refractivity contribution < 1.29 is 14.7 Å². The van der Waals surface area contributed by atoms with E-state index in [4.69, 9.17) is 0 Å². The summed E-state index contributed by atoms with van der Waals surface area (Å²) in [6.07, 6.45) is 4.99.